The van der Waals surface area contributed by atoms with Gasteiger partial charge in [-0.2, -0.15) is 0 Å². The second kappa shape index (κ2) is 7.96. The van der Waals surface area contributed by atoms with Gasteiger partial charge < -0.3 is 20.4 Å². The van der Waals surface area contributed by atoms with E-state index in [0.29, 0.717) is 29.0 Å². The lowest BCUT2D eigenvalue weighted by atomic mass is 10.2. The highest BCUT2D eigenvalue weighted by atomic mass is 16.3. The number of oxazole rings is 1. The second-order valence-corrected chi connectivity index (χ2v) is 6.69. The summed E-state index contributed by atoms with van der Waals surface area (Å²) >= 11 is 0. The number of benzene rings is 2. The summed E-state index contributed by atoms with van der Waals surface area (Å²) in [6.45, 7) is 0. The van der Waals surface area contributed by atoms with Gasteiger partial charge in [-0.05, 0) is 49.2 Å². The average Bonchev–Trinajstić information content (AvgIpc) is 3.38. The van der Waals surface area contributed by atoms with Crippen molar-refractivity contribution in [3.63, 3.8) is 0 Å². The van der Waals surface area contributed by atoms with Crippen molar-refractivity contribution in [3.05, 3.63) is 66.6 Å². The maximum absolute atomic E-state index is 12.2. The van der Waals surface area contributed by atoms with E-state index in [1.165, 1.54) is 6.26 Å². The highest BCUT2D eigenvalue weighted by molar-refractivity contribution is 5.93. The van der Waals surface area contributed by atoms with Crippen LogP contribution in [-0.2, 0) is 11.2 Å². The molecule has 0 saturated heterocycles. The van der Waals surface area contributed by atoms with Crippen LogP contribution in [0.2, 0.25) is 0 Å². The van der Waals surface area contributed by atoms with Crippen molar-refractivity contribution >= 4 is 23.3 Å². The lowest BCUT2D eigenvalue weighted by molar-refractivity contribution is -0.115. The summed E-state index contributed by atoms with van der Waals surface area (Å²) in [6.07, 6.45) is 3.68. The molecule has 142 valence electrons. The first-order valence-electron chi connectivity index (χ1n) is 9.13. The van der Waals surface area contributed by atoms with E-state index in [1.54, 1.807) is 24.3 Å². The van der Waals surface area contributed by atoms with Crippen molar-refractivity contribution in [2.45, 2.75) is 25.3 Å². The number of amides is 3. The van der Waals surface area contributed by atoms with Gasteiger partial charge in [-0.1, -0.05) is 18.2 Å². The maximum Gasteiger partial charge on any atom is 0.319 e. The van der Waals surface area contributed by atoms with Gasteiger partial charge in [0.2, 0.25) is 11.8 Å². The monoisotopic (exact) mass is 376 g/mol. The Morgan fingerprint density at radius 2 is 1.64 bits per heavy atom. The Hall–Kier alpha value is -3.61. The van der Waals surface area contributed by atoms with Gasteiger partial charge in [-0.15, -0.1) is 0 Å². The van der Waals surface area contributed by atoms with E-state index >= 15 is 0 Å². The van der Waals surface area contributed by atoms with Crippen molar-refractivity contribution in [3.8, 4) is 11.5 Å². The number of anilines is 2. The van der Waals surface area contributed by atoms with Gasteiger partial charge in [0, 0.05) is 23.0 Å². The Bertz CT molecular complexity index is 963. The molecule has 1 aromatic heterocycles. The molecule has 7 heteroatoms. The highest BCUT2D eigenvalue weighted by Gasteiger charge is 2.23. The van der Waals surface area contributed by atoms with Crippen LogP contribution in [0.1, 0.15) is 18.5 Å². The first kappa shape index (κ1) is 17.8. The van der Waals surface area contributed by atoms with Gasteiger partial charge in [-0.25, -0.2) is 9.78 Å². The molecule has 0 radical (unpaired) electrons. The molecule has 0 aliphatic heterocycles. The molecule has 0 spiro atoms. The molecule has 3 N–H and O–H groups in total. The van der Waals surface area contributed by atoms with E-state index in [0.717, 1.165) is 18.4 Å². The first-order chi connectivity index (χ1) is 13.7. The van der Waals surface area contributed by atoms with Gasteiger partial charge in [-0.3, -0.25) is 4.79 Å². The molecule has 4 rings (SSSR count). The molecule has 3 amide bonds. The minimum Gasteiger partial charge on any atom is -0.444 e. The molecule has 1 heterocycles. The number of aromatic nitrogens is 1. The first-order valence-corrected chi connectivity index (χ1v) is 9.13. The Morgan fingerprint density at radius 1 is 0.964 bits per heavy atom. The topological polar surface area (TPSA) is 96.3 Å². The standard InChI is InChI=1S/C21H20N4O3/c26-19(12-18-13-28-20(23-18)14-4-2-1-3-5-14)22-15-6-8-16(9-7-15)24-21(27)25-17-10-11-17/h1-9,13,17H,10-12H2,(H,22,26)(H2,24,25,27). The quantitative estimate of drug-likeness (QED) is 0.609. The van der Waals surface area contributed by atoms with E-state index < -0.39 is 0 Å². The number of nitrogens with one attached hydrogen (secondary N) is 3. The lowest BCUT2D eigenvalue weighted by Gasteiger charge is -2.08. The third-order valence-electron chi connectivity index (χ3n) is 4.25. The number of rotatable bonds is 6. The predicted octanol–water partition coefficient (Wildman–Crippen LogP) is 3.81. The van der Waals surface area contributed by atoms with E-state index in [4.69, 9.17) is 4.42 Å². The van der Waals surface area contributed by atoms with Gasteiger partial charge >= 0.3 is 6.03 Å². The Morgan fingerprint density at radius 3 is 2.32 bits per heavy atom. The minimum absolute atomic E-state index is 0.111. The summed E-state index contributed by atoms with van der Waals surface area (Å²) in [5, 5.41) is 8.43. The normalized spacial score (nSPS) is 13.0. The number of nitrogens with zero attached hydrogens (tertiary/aromatic N) is 1. The zero-order valence-corrected chi connectivity index (χ0v) is 15.1. The Kier molecular flexibility index (Phi) is 5.05. The summed E-state index contributed by atoms with van der Waals surface area (Å²) < 4.78 is 5.45. The molecule has 1 saturated carbocycles. The molecule has 0 atom stereocenters. The van der Waals surface area contributed by atoms with Gasteiger partial charge in [0.1, 0.15) is 6.26 Å². The number of hydrogen-bond donors (Lipinski definition) is 3. The van der Waals surface area contributed by atoms with Crippen LogP contribution in [0.4, 0.5) is 16.2 Å². The highest BCUT2D eigenvalue weighted by Crippen LogP contribution is 2.20. The SMILES string of the molecule is O=C(Cc1coc(-c2ccccc2)n1)Nc1ccc(NC(=O)NC2CC2)cc1. The molecule has 1 aliphatic carbocycles. The number of carbonyl (C=O) groups excluding carboxylic acids is 2. The van der Waals surface area contributed by atoms with Crippen molar-refractivity contribution in [1.29, 1.82) is 0 Å². The smallest absolute Gasteiger partial charge is 0.319 e. The summed E-state index contributed by atoms with van der Waals surface area (Å²) in [7, 11) is 0. The largest absolute Gasteiger partial charge is 0.444 e. The molecule has 1 aliphatic rings. The molecule has 0 bridgehead atoms. The molecular formula is C21H20N4O3. The summed E-state index contributed by atoms with van der Waals surface area (Å²) in [5.41, 5.74) is 2.74. The fourth-order valence-corrected chi connectivity index (χ4v) is 2.69. The summed E-state index contributed by atoms with van der Waals surface area (Å²) in [6, 6.07) is 16.6. The summed E-state index contributed by atoms with van der Waals surface area (Å²) in [4.78, 5) is 28.3. The molecule has 1 fully saturated rings. The van der Waals surface area contributed by atoms with Gasteiger partial charge in [0.15, 0.2) is 0 Å². The predicted molar refractivity (Wildman–Crippen MR) is 106 cm³/mol. The van der Waals surface area contributed by atoms with Crippen LogP contribution in [0.15, 0.2) is 65.3 Å². The Balaban J connectivity index is 1.30. The van der Waals surface area contributed by atoms with E-state index in [1.807, 2.05) is 30.3 Å². The van der Waals surface area contributed by atoms with Gasteiger partial charge in [0.05, 0.1) is 12.1 Å². The second-order valence-electron chi connectivity index (χ2n) is 6.69. The fourth-order valence-electron chi connectivity index (χ4n) is 2.69. The molecular weight excluding hydrogens is 356 g/mol. The van der Waals surface area contributed by atoms with E-state index in [9.17, 15) is 9.59 Å². The number of urea groups is 1. The molecule has 2 aromatic carbocycles. The zero-order chi connectivity index (χ0) is 19.3. The average molecular weight is 376 g/mol. The molecule has 0 unspecified atom stereocenters. The van der Waals surface area contributed by atoms with Crippen molar-refractivity contribution in [1.82, 2.24) is 10.3 Å². The fraction of sp³-hybridized carbons (Fsp3) is 0.190. The molecule has 3 aromatic rings. The molecule has 7 nitrogen and oxygen atoms in total. The van der Waals surface area contributed by atoms with Crippen LogP contribution in [0.25, 0.3) is 11.5 Å². The number of carbonyl (C=O) groups is 2. The van der Waals surface area contributed by atoms with Crippen molar-refractivity contribution in [2.75, 3.05) is 10.6 Å². The van der Waals surface area contributed by atoms with Crippen molar-refractivity contribution in [2.24, 2.45) is 0 Å². The van der Waals surface area contributed by atoms with Gasteiger partial charge in [0.25, 0.3) is 0 Å². The van der Waals surface area contributed by atoms with Crippen molar-refractivity contribution < 1.29 is 14.0 Å². The third kappa shape index (κ3) is 4.76. The van der Waals surface area contributed by atoms with Crippen LogP contribution in [0.3, 0.4) is 0 Å². The third-order valence-corrected chi connectivity index (χ3v) is 4.25. The minimum atomic E-state index is -0.209. The van der Waals surface area contributed by atoms with Crippen LogP contribution in [-0.4, -0.2) is 23.0 Å². The lowest BCUT2D eigenvalue weighted by Crippen LogP contribution is -2.30. The Labute approximate surface area is 162 Å². The van der Waals surface area contributed by atoms with Crippen LogP contribution >= 0.6 is 0 Å². The van der Waals surface area contributed by atoms with Crippen LogP contribution in [0.5, 0.6) is 0 Å². The zero-order valence-electron chi connectivity index (χ0n) is 15.1. The maximum atomic E-state index is 12.2. The molecule has 28 heavy (non-hydrogen) atoms. The van der Waals surface area contributed by atoms with E-state index in [2.05, 4.69) is 20.9 Å². The van der Waals surface area contributed by atoms with Crippen LogP contribution in [0, 0.1) is 0 Å². The van der Waals surface area contributed by atoms with Crippen LogP contribution < -0.4 is 16.0 Å². The summed E-state index contributed by atoms with van der Waals surface area (Å²) in [5.74, 6) is 0.295. The van der Waals surface area contributed by atoms with E-state index in [-0.39, 0.29) is 18.4 Å². The number of hydrogen-bond acceptors (Lipinski definition) is 4.